The van der Waals surface area contributed by atoms with Crippen molar-refractivity contribution in [3.8, 4) is 23.0 Å². The van der Waals surface area contributed by atoms with Crippen LogP contribution in [0.4, 0.5) is 5.69 Å². The number of carbonyl (C=O) groups excluding carboxylic acids is 1. The Balaban J connectivity index is 2.08. The molecule has 0 amide bonds. The highest BCUT2D eigenvalue weighted by atomic mass is 32.1. The monoisotopic (exact) mass is 325 g/mol. The number of aromatic nitrogens is 3. The van der Waals surface area contributed by atoms with E-state index in [-0.39, 0.29) is 16.9 Å². The molecule has 2 N–H and O–H groups in total. The third-order valence-corrected chi connectivity index (χ3v) is 3.85. The van der Waals surface area contributed by atoms with E-state index in [0.717, 1.165) is 11.3 Å². The van der Waals surface area contributed by atoms with Crippen LogP contribution in [-0.2, 0) is 4.74 Å². The summed E-state index contributed by atoms with van der Waals surface area (Å²) >= 11 is 1.27. The lowest BCUT2D eigenvalue weighted by Gasteiger charge is -2.08. The first-order valence-corrected chi connectivity index (χ1v) is 7.36. The molecule has 0 aliphatic rings. The SMILES string of the molecule is COC(=O)c1c(N)c(C#N)cn1-c1ccc(-c2csnn2)cc1. The summed E-state index contributed by atoms with van der Waals surface area (Å²) < 4.78 is 10.1. The molecule has 114 valence electrons. The van der Waals surface area contributed by atoms with E-state index in [1.54, 1.807) is 4.57 Å². The van der Waals surface area contributed by atoms with Crippen LogP contribution < -0.4 is 5.73 Å². The summed E-state index contributed by atoms with van der Waals surface area (Å²) in [6.45, 7) is 0. The first-order chi connectivity index (χ1) is 11.2. The molecule has 0 fully saturated rings. The number of nitrogen functional groups attached to an aromatic ring is 1. The van der Waals surface area contributed by atoms with Gasteiger partial charge in [0, 0.05) is 22.8 Å². The number of benzene rings is 1. The van der Waals surface area contributed by atoms with E-state index in [2.05, 4.69) is 9.59 Å². The smallest absolute Gasteiger partial charge is 0.357 e. The van der Waals surface area contributed by atoms with Gasteiger partial charge in [-0.25, -0.2) is 4.79 Å². The van der Waals surface area contributed by atoms with Crippen molar-refractivity contribution in [3.63, 3.8) is 0 Å². The van der Waals surface area contributed by atoms with Gasteiger partial charge in [0.25, 0.3) is 0 Å². The van der Waals surface area contributed by atoms with Crippen LogP contribution in [0.25, 0.3) is 16.9 Å². The Morgan fingerprint density at radius 2 is 2.13 bits per heavy atom. The van der Waals surface area contributed by atoms with Crippen LogP contribution in [0.5, 0.6) is 0 Å². The predicted molar refractivity (Wildman–Crippen MR) is 85.1 cm³/mol. The molecule has 2 heterocycles. The summed E-state index contributed by atoms with van der Waals surface area (Å²) in [5, 5.41) is 15.0. The molecular formula is C15H11N5O2S. The first kappa shape index (κ1) is 14.7. The minimum absolute atomic E-state index is 0.104. The number of carbonyl (C=O) groups is 1. The summed E-state index contributed by atoms with van der Waals surface area (Å²) in [4.78, 5) is 12.0. The fraction of sp³-hybridized carbons (Fsp3) is 0.0667. The predicted octanol–water partition coefficient (Wildman–Crippen LogP) is 2.24. The lowest BCUT2D eigenvalue weighted by atomic mass is 10.1. The summed E-state index contributed by atoms with van der Waals surface area (Å²) in [6.07, 6.45) is 1.51. The van der Waals surface area contributed by atoms with Crippen LogP contribution in [0.2, 0.25) is 0 Å². The zero-order valence-electron chi connectivity index (χ0n) is 12.1. The lowest BCUT2D eigenvalue weighted by molar-refractivity contribution is 0.0593. The van der Waals surface area contributed by atoms with Crippen molar-refractivity contribution in [3.05, 3.63) is 47.1 Å². The Hall–Kier alpha value is -3.18. The molecule has 8 heteroatoms. The van der Waals surface area contributed by atoms with Gasteiger partial charge in [-0.3, -0.25) is 0 Å². The summed E-state index contributed by atoms with van der Waals surface area (Å²) in [7, 11) is 1.27. The van der Waals surface area contributed by atoms with E-state index in [9.17, 15) is 4.79 Å². The largest absolute Gasteiger partial charge is 0.464 e. The second-order valence-corrected chi connectivity index (χ2v) is 5.23. The molecule has 7 nitrogen and oxygen atoms in total. The number of nitriles is 1. The van der Waals surface area contributed by atoms with Crippen molar-refractivity contribution in [2.24, 2.45) is 0 Å². The van der Waals surface area contributed by atoms with Gasteiger partial charge in [0.2, 0.25) is 0 Å². The minimum Gasteiger partial charge on any atom is -0.464 e. The zero-order valence-corrected chi connectivity index (χ0v) is 12.9. The third kappa shape index (κ3) is 2.54. The maximum Gasteiger partial charge on any atom is 0.357 e. The van der Waals surface area contributed by atoms with E-state index in [4.69, 9.17) is 15.7 Å². The number of rotatable bonds is 3. The van der Waals surface area contributed by atoms with Crippen molar-refractivity contribution in [2.75, 3.05) is 12.8 Å². The van der Waals surface area contributed by atoms with Gasteiger partial charge in [-0.1, -0.05) is 16.6 Å². The Kier molecular flexibility index (Phi) is 3.78. The quantitative estimate of drug-likeness (QED) is 0.740. The Labute approximate surface area is 135 Å². The Morgan fingerprint density at radius 3 is 2.70 bits per heavy atom. The average Bonchev–Trinajstić information content (AvgIpc) is 3.22. The highest BCUT2D eigenvalue weighted by Gasteiger charge is 2.21. The number of esters is 1. The molecule has 0 saturated carbocycles. The number of methoxy groups -OCH3 is 1. The van der Waals surface area contributed by atoms with Crippen LogP contribution >= 0.6 is 11.5 Å². The number of hydrogen-bond acceptors (Lipinski definition) is 7. The third-order valence-electron chi connectivity index (χ3n) is 3.34. The average molecular weight is 325 g/mol. The van der Waals surface area contributed by atoms with Gasteiger partial charge < -0.3 is 15.0 Å². The molecule has 0 bridgehead atoms. The molecule has 3 rings (SSSR count). The summed E-state index contributed by atoms with van der Waals surface area (Å²) in [5.41, 5.74) is 8.70. The minimum atomic E-state index is -0.600. The fourth-order valence-corrected chi connectivity index (χ4v) is 2.67. The molecular weight excluding hydrogens is 314 g/mol. The van der Waals surface area contributed by atoms with Crippen LogP contribution in [-0.4, -0.2) is 27.2 Å². The topological polar surface area (TPSA) is 107 Å². The number of hydrogen-bond donors (Lipinski definition) is 1. The van der Waals surface area contributed by atoms with Crippen LogP contribution in [0.15, 0.2) is 35.8 Å². The second-order valence-electron chi connectivity index (χ2n) is 4.62. The van der Waals surface area contributed by atoms with E-state index < -0.39 is 5.97 Å². The standard InChI is InChI=1S/C15H11N5O2S/c1-22-15(21)14-13(17)10(6-16)7-20(14)11-4-2-9(3-5-11)12-8-23-19-18-12/h2-5,7-8H,17H2,1H3. The van der Waals surface area contributed by atoms with Gasteiger partial charge in [-0.15, -0.1) is 5.10 Å². The van der Waals surface area contributed by atoms with Crippen LogP contribution in [0.3, 0.4) is 0 Å². The van der Waals surface area contributed by atoms with Crippen molar-refractivity contribution in [2.45, 2.75) is 0 Å². The van der Waals surface area contributed by atoms with Crippen molar-refractivity contribution < 1.29 is 9.53 Å². The molecule has 23 heavy (non-hydrogen) atoms. The Bertz CT molecular complexity index is 891. The van der Waals surface area contributed by atoms with Crippen molar-refractivity contribution in [1.29, 1.82) is 5.26 Å². The van der Waals surface area contributed by atoms with Gasteiger partial charge in [0.05, 0.1) is 18.4 Å². The number of nitrogens with two attached hydrogens (primary N) is 1. The maximum atomic E-state index is 12.0. The van der Waals surface area contributed by atoms with Crippen molar-refractivity contribution >= 4 is 23.2 Å². The Morgan fingerprint density at radius 1 is 1.39 bits per heavy atom. The maximum absolute atomic E-state index is 12.0. The van der Waals surface area contributed by atoms with Gasteiger partial charge in [0.15, 0.2) is 5.69 Å². The highest BCUT2D eigenvalue weighted by molar-refractivity contribution is 7.03. The number of anilines is 1. The molecule has 0 saturated heterocycles. The molecule has 0 unspecified atom stereocenters. The van der Waals surface area contributed by atoms with Gasteiger partial charge in [0.1, 0.15) is 11.8 Å². The molecule has 0 radical (unpaired) electrons. The number of ether oxygens (including phenoxy) is 1. The van der Waals surface area contributed by atoms with Gasteiger partial charge >= 0.3 is 5.97 Å². The van der Waals surface area contributed by atoms with Gasteiger partial charge in [-0.2, -0.15) is 5.26 Å². The normalized spacial score (nSPS) is 10.3. The lowest BCUT2D eigenvalue weighted by Crippen LogP contribution is -2.11. The molecule has 2 aromatic heterocycles. The zero-order chi connectivity index (χ0) is 16.4. The van der Waals surface area contributed by atoms with Gasteiger partial charge in [-0.05, 0) is 23.7 Å². The number of nitrogens with zero attached hydrogens (tertiary/aromatic N) is 4. The molecule has 1 aromatic carbocycles. The van der Waals surface area contributed by atoms with E-state index >= 15 is 0 Å². The fourth-order valence-electron chi connectivity index (χ4n) is 2.20. The molecule has 0 spiro atoms. The van der Waals surface area contributed by atoms with E-state index in [1.165, 1.54) is 24.8 Å². The van der Waals surface area contributed by atoms with E-state index in [0.29, 0.717) is 5.69 Å². The first-order valence-electron chi connectivity index (χ1n) is 6.52. The summed E-state index contributed by atoms with van der Waals surface area (Å²) in [6, 6.07) is 9.30. The molecule has 0 aliphatic carbocycles. The van der Waals surface area contributed by atoms with Crippen molar-refractivity contribution in [1.82, 2.24) is 14.2 Å². The molecule has 3 aromatic rings. The summed E-state index contributed by atoms with van der Waals surface area (Å²) in [5.74, 6) is -0.600. The molecule has 0 aliphatic heterocycles. The second kappa shape index (κ2) is 5.90. The van der Waals surface area contributed by atoms with E-state index in [1.807, 2.05) is 35.7 Å². The highest BCUT2D eigenvalue weighted by Crippen LogP contribution is 2.26. The van der Waals surface area contributed by atoms with Crippen LogP contribution in [0.1, 0.15) is 16.1 Å². The van der Waals surface area contributed by atoms with Crippen LogP contribution in [0, 0.1) is 11.3 Å². The molecule has 0 atom stereocenters.